The highest BCUT2D eigenvalue weighted by Gasteiger charge is 2.17. The standard InChI is InChI=1S/C17H16F2N2O3/c1-10-8-11(6-7-14(10)21-15(22)9-24-2)20-17(23)16-12(18)4-3-5-13(16)19/h3-8H,9H2,1-2H3,(H,20,23)(H,21,22). The molecule has 24 heavy (non-hydrogen) atoms. The molecule has 2 aromatic rings. The fourth-order valence-corrected chi connectivity index (χ4v) is 2.11. The van der Waals surface area contributed by atoms with Crippen LogP contribution in [0.15, 0.2) is 36.4 Å². The van der Waals surface area contributed by atoms with Gasteiger partial charge in [0.05, 0.1) is 0 Å². The summed E-state index contributed by atoms with van der Waals surface area (Å²) in [6, 6.07) is 7.89. The molecule has 0 bridgehead atoms. The predicted octanol–water partition coefficient (Wildman–Crippen LogP) is 3.11. The molecule has 0 aromatic heterocycles. The summed E-state index contributed by atoms with van der Waals surface area (Å²) >= 11 is 0. The minimum atomic E-state index is -0.937. The van der Waals surface area contributed by atoms with Gasteiger partial charge in [0.1, 0.15) is 23.8 Å². The number of carbonyl (C=O) groups is 2. The second-order valence-corrected chi connectivity index (χ2v) is 5.06. The van der Waals surface area contributed by atoms with Crippen LogP contribution in [0.25, 0.3) is 0 Å². The Labute approximate surface area is 137 Å². The van der Waals surface area contributed by atoms with Gasteiger partial charge < -0.3 is 15.4 Å². The monoisotopic (exact) mass is 334 g/mol. The van der Waals surface area contributed by atoms with Crippen molar-refractivity contribution in [2.75, 3.05) is 24.4 Å². The molecule has 7 heteroatoms. The number of ether oxygens (including phenoxy) is 1. The molecule has 0 heterocycles. The third-order valence-corrected chi connectivity index (χ3v) is 3.22. The minimum Gasteiger partial charge on any atom is -0.375 e. The quantitative estimate of drug-likeness (QED) is 0.883. The Morgan fingerprint density at radius 3 is 2.33 bits per heavy atom. The highest BCUT2D eigenvalue weighted by molar-refractivity contribution is 6.05. The molecular formula is C17H16F2N2O3. The number of rotatable bonds is 5. The van der Waals surface area contributed by atoms with E-state index in [4.69, 9.17) is 4.74 Å². The van der Waals surface area contributed by atoms with Gasteiger partial charge in [0, 0.05) is 18.5 Å². The van der Waals surface area contributed by atoms with Crippen LogP contribution in [0.5, 0.6) is 0 Å². The van der Waals surface area contributed by atoms with Crippen molar-refractivity contribution in [2.45, 2.75) is 6.92 Å². The van der Waals surface area contributed by atoms with Crippen LogP contribution in [0, 0.1) is 18.6 Å². The summed E-state index contributed by atoms with van der Waals surface area (Å²) in [7, 11) is 1.41. The summed E-state index contributed by atoms with van der Waals surface area (Å²) in [5.41, 5.74) is 0.927. The molecule has 2 aromatic carbocycles. The second kappa shape index (κ2) is 7.65. The first-order valence-corrected chi connectivity index (χ1v) is 7.07. The number of methoxy groups -OCH3 is 1. The molecule has 0 atom stereocenters. The largest absolute Gasteiger partial charge is 0.375 e. The zero-order valence-electron chi connectivity index (χ0n) is 13.2. The Morgan fingerprint density at radius 2 is 1.75 bits per heavy atom. The zero-order chi connectivity index (χ0) is 17.7. The molecule has 0 aliphatic heterocycles. The summed E-state index contributed by atoms with van der Waals surface area (Å²) in [5.74, 6) is -3.08. The molecule has 5 nitrogen and oxygen atoms in total. The number of hydrogen-bond acceptors (Lipinski definition) is 3. The number of carbonyl (C=O) groups excluding carboxylic acids is 2. The van der Waals surface area contributed by atoms with Crippen LogP contribution in [0.2, 0.25) is 0 Å². The van der Waals surface area contributed by atoms with E-state index in [0.29, 0.717) is 16.9 Å². The van der Waals surface area contributed by atoms with Crippen molar-refractivity contribution in [3.8, 4) is 0 Å². The van der Waals surface area contributed by atoms with Crippen molar-refractivity contribution in [1.29, 1.82) is 0 Å². The van der Waals surface area contributed by atoms with E-state index < -0.39 is 23.1 Å². The lowest BCUT2D eigenvalue weighted by atomic mass is 10.1. The molecule has 2 rings (SSSR count). The van der Waals surface area contributed by atoms with Gasteiger partial charge in [0.25, 0.3) is 5.91 Å². The van der Waals surface area contributed by atoms with E-state index in [2.05, 4.69) is 10.6 Å². The fourth-order valence-electron chi connectivity index (χ4n) is 2.11. The van der Waals surface area contributed by atoms with E-state index in [-0.39, 0.29) is 12.5 Å². The lowest BCUT2D eigenvalue weighted by Gasteiger charge is -2.11. The zero-order valence-corrected chi connectivity index (χ0v) is 13.2. The van der Waals surface area contributed by atoms with Gasteiger partial charge in [0.2, 0.25) is 5.91 Å². The van der Waals surface area contributed by atoms with Crippen LogP contribution >= 0.6 is 0 Å². The summed E-state index contributed by atoms with van der Waals surface area (Å²) in [5, 5.41) is 5.07. The van der Waals surface area contributed by atoms with E-state index >= 15 is 0 Å². The molecule has 126 valence electrons. The van der Waals surface area contributed by atoms with Gasteiger partial charge in [-0.05, 0) is 42.8 Å². The number of benzene rings is 2. The average molecular weight is 334 g/mol. The van der Waals surface area contributed by atoms with Gasteiger partial charge in [-0.15, -0.1) is 0 Å². The molecule has 0 aliphatic carbocycles. The lowest BCUT2D eigenvalue weighted by Crippen LogP contribution is -2.18. The van der Waals surface area contributed by atoms with Crippen molar-refractivity contribution in [3.05, 3.63) is 59.2 Å². The van der Waals surface area contributed by atoms with Gasteiger partial charge in [-0.25, -0.2) is 8.78 Å². The molecule has 0 spiro atoms. The summed E-state index contributed by atoms with van der Waals surface area (Å²) in [6.07, 6.45) is 0. The highest BCUT2D eigenvalue weighted by atomic mass is 19.1. The highest BCUT2D eigenvalue weighted by Crippen LogP contribution is 2.21. The summed E-state index contributed by atoms with van der Waals surface area (Å²) in [4.78, 5) is 23.5. The van der Waals surface area contributed by atoms with E-state index in [1.807, 2.05) is 0 Å². The fraction of sp³-hybridized carbons (Fsp3) is 0.176. The Balaban J connectivity index is 2.15. The van der Waals surface area contributed by atoms with E-state index in [1.54, 1.807) is 19.1 Å². The lowest BCUT2D eigenvalue weighted by molar-refractivity contribution is -0.119. The smallest absolute Gasteiger partial charge is 0.261 e. The SMILES string of the molecule is COCC(=O)Nc1ccc(NC(=O)c2c(F)cccc2F)cc1C. The molecule has 0 fully saturated rings. The van der Waals surface area contributed by atoms with Crippen molar-refractivity contribution >= 4 is 23.2 Å². The maximum absolute atomic E-state index is 13.6. The molecule has 0 saturated carbocycles. The van der Waals surface area contributed by atoms with Crippen LogP contribution in [-0.2, 0) is 9.53 Å². The number of amides is 2. The Morgan fingerprint density at radius 1 is 1.08 bits per heavy atom. The average Bonchev–Trinajstić information content (AvgIpc) is 2.50. The number of halogens is 2. The third kappa shape index (κ3) is 4.14. The van der Waals surface area contributed by atoms with Gasteiger partial charge >= 0.3 is 0 Å². The van der Waals surface area contributed by atoms with Crippen molar-refractivity contribution in [2.24, 2.45) is 0 Å². The summed E-state index contributed by atoms with van der Waals surface area (Å²) < 4.78 is 31.9. The number of nitrogens with one attached hydrogen (secondary N) is 2. The number of anilines is 2. The van der Waals surface area contributed by atoms with Gasteiger partial charge in [-0.2, -0.15) is 0 Å². The Kier molecular flexibility index (Phi) is 5.59. The van der Waals surface area contributed by atoms with E-state index in [0.717, 1.165) is 12.1 Å². The van der Waals surface area contributed by atoms with Crippen LogP contribution in [0.1, 0.15) is 15.9 Å². The summed E-state index contributed by atoms with van der Waals surface area (Å²) in [6.45, 7) is 1.65. The topological polar surface area (TPSA) is 67.4 Å². The molecule has 0 radical (unpaired) electrons. The Bertz CT molecular complexity index is 758. The first kappa shape index (κ1) is 17.6. The van der Waals surface area contributed by atoms with E-state index in [9.17, 15) is 18.4 Å². The first-order chi connectivity index (χ1) is 11.4. The number of hydrogen-bond donors (Lipinski definition) is 2. The van der Waals surface area contributed by atoms with Gasteiger partial charge in [0.15, 0.2) is 0 Å². The maximum Gasteiger partial charge on any atom is 0.261 e. The first-order valence-electron chi connectivity index (χ1n) is 7.07. The van der Waals surface area contributed by atoms with Crippen molar-refractivity contribution in [3.63, 3.8) is 0 Å². The van der Waals surface area contributed by atoms with Gasteiger partial charge in [-0.1, -0.05) is 6.07 Å². The van der Waals surface area contributed by atoms with Crippen LogP contribution < -0.4 is 10.6 Å². The van der Waals surface area contributed by atoms with Crippen LogP contribution in [0.4, 0.5) is 20.2 Å². The maximum atomic E-state index is 13.6. The molecular weight excluding hydrogens is 318 g/mol. The molecule has 2 amide bonds. The molecule has 0 aliphatic rings. The van der Waals surface area contributed by atoms with Crippen LogP contribution in [0.3, 0.4) is 0 Å². The minimum absolute atomic E-state index is 0.0789. The van der Waals surface area contributed by atoms with Crippen molar-refractivity contribution < 1.29 is 23.1 Å². The van der Waals surface area contributed by atoms with Crippen LogP contribution in [-0.4, -0.2) is 25.5 Å². The third-order valence-electron chi connectivity index (χ3n) is 3.22. The predicted molar refractivity (Wildman–Crippen MR) is 86.0 cm³/mol. The van der Waals surface area contributed by atoms with E-state index in [1.165, 1.54) is 19.2 Å². The molecule has 0 unspecified atom stereocenters. The second-order valence-electron chi connectivity index (χ2n) is 5.06. The normalized spacial score (nSPS) is 10.3. The number of aryl methyl sites for hydroxylation is 1. The van der Waals surface area contributed by atoms with Crippen molar-refractivity contribution in [1.82, 2.24) is 0 Å². The molecule has 0 saturated heterocycles. The molecule has 2 N–H and O–H groups in total. The Hall–Kier alpha value is -2.80. The van der Waals surface area contributed by atoms with Gasteiger partial charge in [-0.3, -0.25) is 9.59 Å².